The van der Waals surface area contributed by atoms with Gasteiger partial charge in [-0.3, -0.25) is 0 Å². The minimum Gasteiger partial charge on any atom is -0.489 e. The molecule has 0 bridgehead atoms. The number of urea groups is 1. The Kier molecular flexibility index (Phi) is 5.46. The molecule has 7 heteroatoms. The summed E-state index contributed by atoms with van der Waals surface area (Å²) in [6, 6.07) is 2.99. The predicted octanol–water partition coefficient (Wildman–Crippen LogP) is 2.10. The van der Waals surface area contributed by atoms with E-state index in [0.29, 0.717) is 0 Å². The van der Waals surface area contributed by atoms with Crippen LogP contribution in [0.3, 0.4) is 0 Å². The second-order valence-corrected chi connectivity index (χ2v) is 5.48. The van der Waals surface area contributed by atoms with Crippen LogP contribution in [0.5, 0.6) is 5.75 Å². The van der Waals surface area contributed by atoms with Gasteiger partial charge in [-0.25, -0.2) is 13.6 Å². The molecule has 1 heterocycles. The Hall–Kier alpha value is -1.50. The van der Waals surface area contributed by atoms with E-state index in [1.807, 2.05) is 11.8 Å². The SMILES string of the molecule is O=C(NCCOc1ccc(F)cc1F)N1CCSCC1. The first-order valence-corrected chi connectivity index (χ1v) is 7.50. The van der Waals surface area contributed by atoms with Gasteiger partial charge in [0.2, 0.25) is 0 Å². The van der Waals surface area contributed by atoms with Crippen LogP contribution in [0.1, 0.15) is 0 Å². The molecule has 0 radical (unpaired) electrons. The third-order valence-electron chi connectivity index (χ3n) is 2.83. The molecule has 110 valence electrons. The van der Waals surface area contributed by atoms with Gasteiger partial charge in [-0.2, -0.15) is 11.8 Å². The second kappa shape index (κ2) is 7.33. The molecule has 0 aliphatic carbocycles. The van der Waals surface area contributed by atoms with Gasteiger partial charge < -0.3 is 15.0 Å². The summed E-state index contributed by atoms with van der Waals surface area (Å²) in [5, 5.41) is 2.71. The summed E-state index contributed by atoms with van der Waals surface area (Å²) in [6.07, 6.45) is 0. The fraction of sp³-hybridized carbons (Fsp3) is 0.462. The summed E-state index contributed by atoms with van der Waals surface area (Å²) in [5.41, 5.74) is 0. The summed E-state index contributed by atoms with van der Waals surface area (Å²) in [7, 11) is 0. The van der Waals surface area contributed by atoms with Gasteiger partial charge in [-0.15, -0.1) is 0 Å². The average Bonchev–Trinajstić information content (AvgIpc) is 2.46. The molecule has 2 amide bonds. The highest BCUT2D eigenvalue weighted by molar-refractivity contribution is 7.99. The Balaban J connectivity index is 1.69. The summed E-state index contributed by atoms with van der Waals surface area (Å²) in [4.78, 5) is 13.5. The third-order valence-corrected chi connectivity index (χ3v) is 3.77. The van der Waals surface area contributed by atoms with Crippen LogP contribution < -0.4 is 10.1 Å². The van der Waals surface area contributed by atoms with Crippen molar-refractivity contribution in [2.75, 3.05) is 37.7 Å². The van der Waals surface area contributed by atoms with Crippen LogP contribution in [-0.4, -0.2) is 48.7 Å². The number of hydrogen-bond donors (Lipinski definition) is 1. The number of amides is 2. The minimum absolute atomic E-state index is 0.0185. The Morgan fingerprint density at radius 1 is 1.35 bits per heavy atom. The quantitative estimate of drug-likeness (QED) is 0.866. The van der Waals surface area contributed by atoms with Crippen LogP contribution in [0.15, 0.2) is 18.2 Å². The molecule has 0 saturated carbocycles. The third kappa shape index (κ3) is 4.26. The van der Waals surface area contributed by atoms with E-state index in [1.165, 1.54) is 6.07 Å². The average molecular weight is 302 g/mol. The van der Waals surface area contributed by atoms with Crippen molar-refractivity contribution in [3.8, 4) is 5.75 Å². The zero-order valence-electron chi connectivity index (χ0n) is 10.9. The lowest BCUT2D eigenvalue weighted by atomic mass is 10.3. The van der Waals surface area contributed by atoms with Crippen molar-refractivity contribution in [1.82, 2.24) is 10.2 Å². The molecule has 1 fully saturated rings. The number of ether oxygens (including phenoxy) is 1. The Labute approximate surface area is 120 Å². The van der Waals surface area contributed by atoms with Gasteiger partial charge >= 0.3 is 6.03 Å². The Morgan fingerprint density at radius 3 is 2.80 bits per heavy atom. The van der Waals surface area contributed by atoms with Crippen molar-refractivity contribution in [1.29, 1.82) is 0 Å². The van der Waals surface area contributed by atoms with E-state index in [2.05, 4.69) is 5.32 Å². The molecule has 1 saturated heterocycles. The number of rotatable bonds is 4. The smallest absolute Gasteiger partial charge is 0.317 e. The maximum Gasteiger partial charge on any atom is 0.317 e. The van der Waals surface area contributed by atoms with E-state index in [4.69, 9.17) is 4.74 Å². The minimum atomic E-state index is -0.746. The van der Waals surface area contributed by atoms with Crippen LogP contribution in [0.25, 0.3) is 0 Å². The molecule has 0 unspecified atom stereocenters. The number of hydrogen-bond acceptors (Lipinski definition) is 3. The summed E-state index contributed by atoms with van der Waals surface area (Å²) in [5.74, 6) is 0.487. The zero-order chi connectivity index (χ0) is 14.4. The number of halogens is 2. The first-order valence-electron chi connectivity index (χ1n) is 6.35. The van der Waals surface area contributed by atoms with Crippen molar-refractivity contribution in [3.05, 3.63) is 29.8 Å². The molecule has 4 nitrogen and oxygen atoms in total. The monoisotopic (exact) mass is 302 g/mol. The standard InChI is InChI=1S/C13H16F2N2O2S/c14-10-1-2-12(11(15)9-10)19-6-3-16-13(18)17-4-7-20-8-5-17/h1-2,9H,3-8H2,(H,16,18). The molecule has 0 spiro atoms. The number of benzene rings is 1. The normalized spacial score (nSPS) is 15.0. The number of carbonyl (C=O) groups excluding carboxylic acids is 1. The molecule has 0 atom stereocenters. The van der Waals surface area contributed by atoms with Crippen molar-refractivity contribution in [3.63, 3.8) is 0 Å². The van der Waals surface area contributed by atoms with Gasteiger partial charge in [0.15, 0.2) is 11.6 Å². The largest absolute Gasteiger partial charge is 0.489 e. The molecule has 20 heavy (non-hydrogen) atoms. The molecule has 1 aliphatic heterocycles. The lowest BCUT2D eigenvalue weighted by molar-refractivity contribution is 0.199. The van der Waals surface area contributed by atoms with Crippen LogP contribution in [-0.2, 0) is 0 Å². The van der Waals surface area contributed by atoms with Gasteiger partial charge in [-0.05, 0) is 12.1 Å². The van der Waals surface area contributed by atoms with Gasteiger partial charge in [0, 0.05) is 30.7 Å². The summed E-state index contributed by atoms with van der Waals surface area (Å²) in [6.45, 7) is 1.89. The topological polar surface area (TPSA) is 41.6 Å². The maximum absolute atomic E-state index is 13.3. The highest BCUT2D eigenvalue weighted by Gasteiger charge is 2.15. The first kappa shape index (κ1) is 14.9. The zero-order valence-corrected chi connectivity index (χ0v) is 11.7. The van der Waals surface area contributed by atoms with E-state index in [0.717, 1.165) is 36.7 Å². The molecule has 2 rings (SSSR count). The van der Waals surface area contributed by atoms with Gasteiger partial charge in [0.1, 0.15) is 12.4 Å². The lowest BCUT2D eigenvalue weighted by Gasteiger charge is -2.26. The van der Waals surface area contributed by atoms with Crippen LogP contribution in [0, 0.1) is 11.6 Å². The fourth-order valence-electron chi connectivity index (χ4n) is 1.79. The molecule has 1 aliphatic rings. The highest BCUT2D eigenvalue weighted by Crippen LogP contribution is 2.17. The number of carbonyl (C=O) groups is 1. The van der Waals surface area contributed by atoms with E-state index in [-0.39, 0.29) is 24.9 Å². The number of nitrogens with zero attached hydrogens (tertiary/aromatic N) is 1. The molecular weight excluding hydrogens is 286 g/mol. The van der Waals surface area contributed by atoms with Crippen molar-refractivity contribution in [2.45, 2.75) is 0 Å². The number of thioether (sulfide) groups is 1. The molecule has 1 aromatic rings. The number of nitrogens with one attached hydrogen (secondary N) is 1. The highest BCUT2D eigenvalue weighted by atomic mass is 32.2. The summed E-state index contributed by atoms with van der Waals surface area (Å²) < 4.78 is 31.1. The van der Waals surface area contributed by atoms with Gasteiger partial charge in [0.05, 0.1) is 6.54 Å². The van der Waals surface area contributed by atoms with Crippen molar-refractivity contribution < 1.29 is 18.3 Å². The summed E-state index contributed by atoms with van der Waals surface area (Å²) >= 11 is 1.83. The van der Waals surface area contributed by atoms with Crippen LogP contribution >= 0.6 is 11.8 Å². The van der Waals surface area contributed by atoms with Crippen molar-refractivity contribution in [2.24, 2.45) is 0 Å². The lowest BCUT2D eigenvalue weighted by Crippen LogP contribution is -2.45. The molecule has 1 aromatic carbocycles. The van der Waals surface area contributed by atoms with E-state index >= 15 is 0 Å². The first-order chi connectivity index (χ1) is 9.66. The maximum atomic E-state index is 13.3. The van der Waals surface area contributed by atoms with Crippen LogP contribution in [0.4, 0.5) is 13.6 Å². The molecule has 0 aromatic heterocycles. The van der Waals surface area contributed by atoms with Crippen molar-refractivity contribution >= 4 is 17.8 Å². The predicted molar refractivity (Wildman–Crippen MR) is 74.1 cm³/mol. The van der Waals surface area contributed by atoms with Crippen LogP contribution in [0.2, 0.25) is 0 Å². The Bertz CT molecular complexity index is 468. The van der Waals surface area contributed by atoms with E-state index < -0.39 is 11.6 Å². The van der Waals surface area contributed by atoms with E-state index in [1.54, 1.807) is 4.90 Å². The second-order valence-electron chi connectivity index (χ2n) is 4.25. The van der Waals surface area contributed by atoms with Gasteiger partial charge in [-0.1, -0.05) is 0 Å². The fourth-order valence-corrected chi connectivity index (χ4v) is 2.69. The van der Waals surface area contributed by atoms with Gasteiger partial charge in [0.25, 0.3) is 0 Å². The van der Waals surface area contributed by atoms with E-state index in [9.17, 15) is 13.6 Å². The Morgan fingerprint density at radius 2 is 2.10 bits per heavy atom. The molecular formula is C13H16F2N2O2S. The molecule has 1 N–H and O–H groups in total.